The van der Waals surface area contributed by atoms with Crippen LogP contribution in [0.5, 0.6) is 0 Å². The third kappa shape index (κ3) is 129. The van der Waals surface area contributed by atoms with E-state index in [-0.39, 0.29) is 74.3 Å². The Hall–Kier alpha value is -2.06. The van der Waals surface area contributed by atoms with Gasteiger partial charge >= 0.3 is 67.8 Å². The quantitative estimate of drug-likeness (QED) is 0.149. The van der Waals surface area contributed by atoms with Gasteiger partial charge in [0.25, 0.3) is 0 Å². The second-order valence-electron chi connectivity index (χ2n) is 4.43. The molecule has 0 saturated heterocycles. The monoisotopic (exact) mass is 705 g/mol. The van der Waals surface area contributed by atoms with E-state index in [0.717, 1.165) is 0 Å². The minimum absolute atomic E-state index is 0. The standard InChI is InChI=1S/2C6H4O2.2C2H6OS.6CO.3Mn/c2*7-5-1-2-6(8)4-3-5;2*1-4(2)3;6*1-2;;;/h2*1-4H;2*1-2H3;;;;;;;;;. The number of ketones is 4. The van der Waals surface area contributed by atoms with Crippen molar-refractivity contribution in [2.24, 2.45) is 0 Å². The topological polar surface area (TPSA) is 222 Å². The molecule has 0 bridgehead atoms. The summed E-state index contributed by atoms with van der Waals surface area (Å²) in [6.07, 6.45) is 16.6. The van der Waals surface area contributed by atoms with Crippen LogP contribution in [0, 0.1) is 39.9 Å². The zero-order valence-corrected chi connectivity index (χ0v) is 25.6. The summed E-state index contributed by atoms with van der Waals surface area (Å²) in [5, 5.41) is 0. The molecule has 0 amide bonds. The van der Waals surface area contributed by atoms with Crippen molar-refractivity contribution in [3.63, 3.8) is 0 Å². The van der Waals surface area contributed by atoms with Crippen LogP contribution in [-0.2, 0) is 120 Å². The van der Waals surface area contributed by atoms with Gasteiger partial charge in [-0.05, 0) is 48.6 Å². The van der Waals surface area contributed by atoms with E-state index in [9.17, 15) is 27.6 Å². The fourth-order valence-electron chi connectivity index (χ4n) is 0.879. The van der Waals surface area contributed by atoms with Crippen LogP contribution in [-0.4, -0.2) is 56.6 Å². The molecule has 0 spiro atoms. The maximum Gasteiger partial charge on any atom is 0 e. The molecule has 0 aromatic heterocycles. The molecule has 0 atom stereocenters. The van der Waals surface area contributed by atoms with Crippen molar-refractivity contribution in [2.75, 3.05) is 25.0 Å². The first-order valence-electron chi connectivity index (χ1n) is 7.65. The summed E-state index contributed by atoms with van der Waals surface area (Å²) in [6, 6.07) is 0. The van der Waals surface area contributed by atoms with Crippen LogP contribution in [0.1, 0.15) is 0 Å². The Morgan fingerprint density at radius 3 is 0.487 bits per heavy atom. The van der Waals surface area contributed by atoms with Gasteiger partial charge < -0.3 is 0 Å². The maximum atomic E-state index is 10.3. The normalized spacial score (nSPS) is 9.28. The first-order valence-corrected chi connectivity index (χ1v) is 11.6. The molecule has 0 aromatic rings. The largest absolute Gasteiger partial charge is 0 e. The van der Waals surface area contributed by atoms with Gasteiger partial charge in [-0.1, -0.05) is 0 Å². The van der Waals surface area contributed by atoms with E-state index in [1.807, 2.05) is 0 Å². The molecule has 17 heteroatoms. The zero-order valence-electron chi connectivity index (χ0n) is 20.5. The molecule has 0 saturated carbocycles. The number of hydrogen-bond donors (Lipinski definition) is 0. The molecule has 12 nitrogen and oxygen atoms in total. The molecule has 2 rings (SSSR count). The summed E-state index contributed by atoms with van der Waals surface area (Å²) in [4.78, 5) is 41.1. The predicted octanol–water partition coefficient (Wildman–Crippen LogP) is 0.258. The van der Waals surface area contributed by atoms with Gasteiger partial charge in [-0.25, -0.2) is 0 Å². The van der Waals surface area contributed by atoms with E-state index < -0.39 is 21.6 Å². The Bertz CT molecular complexity index is 722. The third-order valence-electron chi connectivity index (χ3n) is 1.65. The van der Waals surface area contributed by atoms with Gasteiger partial charge in [0.15, 0.2) is 23.1 Å². The molecule has 0 aromatic carbocycles. The summed E-state index contributed by atoms with van der Waals surface area (Å²) in [7, 11) is -1.22. The molecule has 0 heterocycles. The summed E-state index contributed by atoms with van der Waals surface area (Å²) < 4.78 is 64.1. The van der Waals surface area contributed by atoms with Gasteiger partial charge in [0.05, 0.1) is 0 Å². The van der Waals surface area contributed by atoms with Gasteiger partial charge in [-0.3, -0.25) is 27.6 Å². The SMILES string of the molecule is CS(C)=O.CS(C)=O.O=C1C=CC(=O)C=C1.O=C1C=CC(=O)C=C1.[C-]#[O+].[C-]#[O+].[C-]#[O+].[C-]#[O+].[C-]#[O+].[C-]#[O+].[Mn].[Mn].[Mn]. The van der Waals surface area contributed by atoms with Crippen LogP contribution in [0.2, 0.25) is 0 Å². The average molecular weight is 705 g/mol. The van der Waals surface area contributed by atoms with Crippen LogP contribution in [0.25, 0.3) is 0 Å². The summed E-state index contributed by atoms with van der Waals surface area (Å²) >= 11 is 0. The summed E-state index contributed by atoms with van der Waals surface area (Å²) in [5.74, 6) is -0.483. The Morgan fingerprint density at radius 1 is 0.385 bits per heavy atom. The first kappa shape index (κ1) is 70.9. The first-order chi connectivity index (χ1) is 17.0. The Morgan fingerprint density at radius 2 is 0.436 bits per heavy atom. The van der Waals surface area contributed by atoms with Gasteiger partial charge in [0.1, 0.15) is 0 Å². The van der Waals surface area contributed by atoms with E-state index in [1.54, 1.807) is 25.0 Å². The molecular formula is C22H20Mn3O12S2. The number of carbonyl (C=O) groups is 4. The van der Waals surface area contributed by atoms with Crippen LogP contribution < -0.4 is 0 Å². The Balaban J connectivity index is -0.0000000264. The summed E-state index contributed by atoms with van der Waals surface area (Å²) in [6.45, 7) is 27.0. The van der Waals surface area contributed by atoms with Crippen molar-refractivity contribution in [1.29, 1.82) is 0 Å². The predicted molar refractivity (Wildman–Crippen MR) is 120 cm³/mol. The minimum Gasteiger partial charge on any atom is 0 e. The number of hydrogen-bond acceptors (Lipinski definition) is 6. The second-order valence-corrected chi connectivity index (χ2v) is 7.39. The van der Waals surface area contributed by atoms with Crippen molar-refractivity contribution in [3.8, 4) is 0 Å². The fourth-order valence-corrected chi connectivity index (χ4v) is 0.879. The van der Waals surface area contributed by atoms with Crippen molar-refractivity contribution in [3.05, 3.63) is 88.5 Å². The van der Waals surface area contributed by atoms with Gasteiger partial charge in [0.2, 0.25) is 0 Å². The Kier molecular flexibility index (Phi) is 139. The number of allylic oxidation sites excluding steroid dienone is 8. The third-order valence-corrected chi connectivity index (χ3v) is 1.65. The van der Waals surface area contributed by atoms with E-state index in [0.29, 0.717) is 0 Å². The maximum absolute atomic E-state index is 10.3. The summed E-state index contributed by atoms with van der Waals surface area (Å²) in [5.41, 5.74) is 0. The average Bonchev–Trinajstić information content (AvgIpc) is 2.90. The molecule has 3 radical (unpaired) electrons. The molecular weight excluding hydrogens is 685 g/mol. The van der Waals surface area contributed by atoms with Crippen molar-refractivity contribution < 1.29 is 107 Å². The molecule has 2 aliphatic carbocycles. The molecule has 0 aliphatic heterocycles. The van der Waals surface area contributed by atoms with Crippen molar-refractivity contribution >= 4 is 44.7 Å². The van der Waals surface area contributed by atoms with Crippen LogP contribution in [0.3, 0.4) is 0 Å². The molecule has 0 fully saturated rings. The molecule has 2 aliphatic rings. The Labute approximate surface area is 263 Å². The fraction of sp³-hybridized carbons (Fsp3) is 0.182. The van der Waals surface area contributed by atoms with E-state index >= 15 is 0 Å². The number of carbonyl (C=O) groups excluding carboxylic acids is 4. The van der Waals surface area contributed by atoms with Crippen LogP contribution in [0.15, 0.2) is 48.6 Å². The van der Waals surface area contributed by atoms with Gasteiger partial charge in [-0.15, -0.1) is 0 Å². The molecule has 0 unspecified atom stereocenters. The van der Waals surface area contributed by atoms with E-state index in [4.69, 9.17) is 27.9 Å². The zero-order chi connectivity index (χ0) is 31.1. The molecule has 0 N–H and O–H groups in total. The van der Waals surface area contributed by atoms with Crippen molar-refractivity contribution in [2.45, 2.75) is 0 Å². The van der Waals surface area contributed by atoms with Gasteiger partial charge in [-0.2, -0.15) is 0 Å². The van der Waals surface area contributed by atoms with Crippen LogP contribution in [0.4, 0.5) is 0 Å². The molecule has 213 valence electrons. The van der Waals surface area contributed by atoms with Crippen LogP contribution >= 0.6 is 0 Å². The van der Waals surface area contributed by atoms with E-state index in [1.165, 1.54) is 48.6 Å². The molecule has 39 heavy (non-hydrogen) atoms. The minimum atomic E-state index is -0.611. The van der Waals surface area contributed by atoms with Gasteiger partial charge in [0, 0.05) is 97.8 Å². The second kappa shape index (κ2) is 76.6. The number of rotatable bonds is 0. The van der Waals surface area contributed by atoms with Crippen molar-refractivity contribution in [1.82, 2.24) is 0 Å². The van der Waals surface area contributed by atoms with E-state index in [2.05, 4.69) is 39.9 Å². The smallest absolute Gasteiger partial charge is 0 e.